The summed E-state index contributed by atoms with van der Waals surface area (Å²) < 4.78 is 21.4. The summed E-state index contributed by atoms with van der Waals surface area (Å²) in [5, 5.41) is 4.12. The second-order valence-electron chi connectivity index (χ2n) is 14.6. The molecule has 4 aromatic carbocycles. The van der Waals surface area contributed by atoms with Crippen molar-refractivity contribution < 1.29 is 34.6 Å². The fourth-order valence-corrected chi connectivity index (χ4v) is 6.76. The fourth-order valence-electron chi connectivity index (χ4n) is 6.76. The van der Waals surface area contributed by atoms with Gasteiger partial charge in [-0.05, 0) is 47.5 Å². The molecule has 0 N–H and O–H groups in total. The van der Waals surface area contributed by atoms with Crippen LogP contribution < -0.4 is 4.74 Å². The first-order valence-corrected chi connectivity index (χ1v) is 16.2. The number of fused-ring (bicyclic) bond motifs is 3. The van der Waals surface area contributed by atoms with E-state index in [2.05, 4.69) is 113 Å². The molecule has 0 radical (unpaired) electrons. The number of hydrogen-bond donors (Lipinski definition) is 0. The predicted octanol–water partition coefficient (Wildman–Crippen LogP) is 11.3. The number of rotatable bonds is 4. The Balaban J connectivity index is 0.00000348. The predicted molar refractivity (Wildman–Crippen MR) is 192 cm³/mol. The summed E-state index contributed by atoms with van der Waals surface area (Å²) >= 11 is 0. The van der Waals surface area contributed by atoms with E-state index >= 15 is 0 Å². The van der Waals surface area contributed by atoms with E-state index in [1.54, 1.807) is 0 Å². The zero-order valence-corrected chi connectivity index (χ0v) is 30.3. The van der Waals surface area contributed by atoms with E-state index in [0.717, 1.165) is 71.8 Å². The molecule has 0 spiro atoms. The SMILES string of the molecule is CC(C)(C)c1cc(Oc2[c-]c(-n3c4ccccc4c4cccnc43)ccc2C(C)(C)C)[c-]c(-c2cc3oc4cccc5oc(n2)c3c45)c1.[Pt+2]. The number of para-hydroxylation sites is 1. The van der Waals surface area contributed by atoms with E-state index in [1.165, 1.54) is 0 Å². The van der Waals surface area contributed by atoms with Crippen LogP contribution in [0.25, 0.3) is 72.1 Å². The molecule has 6 nitrogen and oxygen atoms in total. The average Bonchev–Trinajstić information content (AvgIpc) is 3.73. The van der Waals surface area contributed by atoms with Gasteiger partial charge in [0.15, 0.2) is 0 Å². The van der Waals surface area contributed by atoms with E-state index in [0.29, 0.717) is 22.9 Å². The molecule has 0 aliphatic heterocycles. The second-order valence-corrected chi connectivity index (χ2v) is 14.6. The van der Waals surface area contributed by atoms with Crippen molar-refractivity contribution in [3.63, 3.8) is 0 Å². The molecule has 5 heterocycles. The molecular weight excluding hydrogens is 790 g/mol. The van der Waals surface area contributed by atoms with Crippen LogP contribution >= 0.6 is 0 Å². The van der Waals surface area contributed by atoms with Gasteiger partial charge in [-0.25, -0.2) is 4.98 Å². The van der Waals surface area contributed by atoms with Gasteiger partial charge in [0.25, 0.3) is 0 Å². The molecule has 0 atom stereocenters. The van der Waals surface area contributed by atoms with Crippen molar-refractivity contribution in [2.45, 2.75) is 52.4 Å². The van der Waals surface area contributed by atoms with Gasteiger partial charge in [0.2, 0.25) is 5.71 Å². The molecule has 244 valence electrons. The van der Waals surface area contributed by atoms with Gasteiger partial charge in [0.1, 0.15) is 22.4 Å². The van der Waals surface area contributed by atoms with Gasteiger partial charge in [0, 0.05) is 28.5 Å². The van der Waals surface area contributed by atoms with Crippen LogP contribution in [0.4, 0.5) is 0 Å². The summed E-state index contributed by atoms with van der Waals surface area (Å²) in [5.74, 6) is 1.23. The summed E-state index contributed by atoms with van der Waals surface area (Å²) in [7, 11) is 0. The van der Waals surface area contributed by atoms with E-state index < -0.39 is 0 Å². The molecule has 0 amide bonds. The Morgan fingerprint density at radius 3 is 2.29 bits per heavy atom. The molecule has 0 unspecified atom stereocenters. The topological polar surface area (TPSA) is 66.2 Å². The minimum atomic E-state index is -0.207. The number of hydrogen-bond acceptors (Lipinski definition) is 5. The number of nitrogens with zero attached hydrogens (tertiary/aromatic N) is 3. The van der Waals surface area contributed by atoms with Gasteiger partial charge >= 0.3 is 21.1 Å². The Morgan fingerprint density at radius 1 is 0.714 bits per heavy atom. The van der Waals surface area contributed by atoms with Gasteiger partial charge in [-0.1, -0.05) is 89.0 Å². The third-order valence-corrected chi connectivity index (χ3v) is 9.19. The van der Waals surface area contributed by atoms with Crippen LogP contribution in [0.2, 0.25) is 0 Å². The van der Waals surface area contributed by atoms with Crippen LogP contribution in [-0.4, -0.2) is 14.5 Å². The third-order valence-electron chi connectivity index (χ3n) is 9.19. The van der Waals surface area contributed by atoms with Crippen LogP contribution in [0.1, 0.15) is 52.7 Å². The number of aromatic nitrogens is 3. The van der Waals surface area contributed by atoms with Crippen molar-refractivity contribution in [2.24, 2.45) is 0 Å². The quantitative estimate of drug-likeness (QED) is 0.165. The van der Waals surface area contributed by atoms with Crippen molar-refractivity contribution >= 4 is 55.2 Å². The average molecular weight is 823 g/mol. The zero-order valence-electron chi connectivity index (χ0n) is 28.0. The summed E-state index contributed by atoms with van der Waals surface area (Å²) in [6.45, 7) is 13.1. The molecule has 0 fully saturated rings. The molecule has 0 saturated heterocycles. The first kappa shape index (κ1) is 31.3. The summed E-state index contributed by atoms with van der Waals surface area (Å²) in [4.78, 5) is 9.74. The normalized spacial score (nSPS) is 12.5. The van der Waals surface area contributed by atoms with Crippen molar-refractivity contribution in [2.75, 3.05) is 0 Å². The van der Waals surface area contributed by atoms with E-state index in [9.17, 15) is 0 Å². The van der Waals surface area contributed by atoms with Crippen molar-refractivity contribution in [1.82, 2.24) is 14.5 Å². The van der Waals surface area contributed by atoms with E-state index in [1.807, 2.05) is 36.5 Å². The first-order chi connectivity index (χ1) is 23.0. The number of pyridine rings is 2. The maximum Gasteiger partial charge on any atom is 2.00 e. The van der Waals surface area contributed by atoms with Crippen LogP contribution in [0, 0.1) is 12.1 Å². The summed E-state index contributed by atoms with van der Waals surface area (Å²) in [6.07, 6.45) is 1.83. The Morgan fingerprint density at radius 2 is 1.49 bits per heavy atom. The Bertz CT molecular complexity index is 2570. The van der Waals surface area contributed by atoms with Crippen LogP contribution in [0.3, 0.4) is 0 Å². The van der Waals surface area contributed by atoms with Gasteiger partial charge in [-0.2, -0.15) is 6.07 Å². The second kappa shape index (κ2) is 11.0. The maximum atomic E-state index is 6.85. The monoisotopic (exact) mass is 822 g/mol. The molecular formula is C42H33N3O3Pt. The van der Waals surface area contributed by atoms with Crippen molar-refractivity contribution in [1.29, 1.82) is 0 Å². The van der Waals surface area contributed by atoms with Crippen LogP contribution in [0.5, 0.6) is 11.5 Å². The minimum Gasteiger partial charge on any atom is -0.503 e. The first-order valence-electron chi connectivity index (χ1n) is 16.2. The molecule has 0 bridgehead atoms. The standard InChI is InChI=1S/C42H33N3O3.Pt/c1-41(2,3)25-19-24(31-23-36-38-37-33(47-36)14-9-15-34(37)48-40(38)44-31)20-27(21-25)46-35-22-26(16-17-30(35)42(4,5)6)45-32-13-8-7-11-28(32)29-12-10-18-43-39(29)45;/h7-19,21,23H,1-6H3;/q-2;+2. The third kappa shape index (κ3) is 5.04. The Labute approximate surface area is 298 Å². The number of ether oxygens (including phenoxy) is 1. The molecule has 9 aromatic rings. The zero-order chi connectivity index (χ0) is 32.9. The van der Waals surface area contributed by atoms with Crippen molar-refractivity contribution in [3.8, 4) is 28.4 Å². The smallest absolute Gasteiger partial charge is 0.503 e. The van der Waals surface area contributed by atoms with Crippen LogP contribution in [0.15, 0.2) is 100.0 Å². The Hall–Kier alpha value is -4.93. The molecule has 0 saturated carbocycles. The molecule has 49 heavy (non-hydrogen) atoms. The summed E-state index contributed by atoms with van der Waals surface area (Å²) in [6, 6.07) is 35.9. The van der Waals surface area contributed by atoms with Gasteiger partial charge in [0.05, 0.1) is 16.3 Å². The number of furan rings is 2. The Kier molecular flexibility index (Phi) is 7.07. The fraction of sp³-hybridized carbons (Fsp3) is 0.190. The molecule has 0 aliphatic carbocycles. The van der Waals surface area contributed by atoms with Gasteiger partial charge < -0.3 is 18.1 Å². The summed E-state index contributed by atoms with van der Waals surface area (Å²) in [5.41, 5.74) is 8.90. The van der Waals surface area contributed by atoms with E-state index in [4.69, 9.17) is 23.5 Å². The van der Waals surface area contributed by atoms with Gasteiger partial charge in [-0.3, -0.25) is 4.98 Å². The van der Waals surface area contributed by atoms with Crippen molar-refractivity contribution in [3.05, 3.63) is 114 Å². The molecule has 9 rings (SSSR count). The maximum absolute atomic E-state index is 6.85. The minimum absolute atomic E-state index is 0. The molecule has 0 aliphatic rings. The van der Waals surface area contributed by atoms with E-state index in [-0.39, 0.29) is 31.9 Å². The number of benzene rings is 4. The molecule has 5 aromatic heterocycles. The van der Waals surface area contributed by atoms with Gasteiger partial charge in [-0.15, -0.1) is 34.9 Å². The largest absolute Gasteiger partial charge is 2.00 e. The van der Waals surface area contributed by atoms with Crippen LogP contribution in [-0.2, 0) is 31.9 Å². The molecule has 7 heteroatoms.